The molecular formula is C17H16N2O2S2. The van der Waals surface area contributed by atoms with E-state index in [9.17, 15) is 4.79 Å². The van der Waals surface area contributed by atoms with Crippen molar-refractivity contribution in [2.75, 3.05) is 12.4 Å². The Hall–Kier alpha value is -2.31. The Morgan fingerprint density at radius 2 is 1.96 bits per heavy atom. The molecule has 0 unspecified atom stereocenters. The number of hydrogen-bond acceptors (Lipinski definition) is 4. The van der Waals surface area contributed by atoms with Gasteiger partial charge in [-0.3, -0.25) is 0 Å². The first-order chi connectivity index (χ1) is 11.2. The van der Waals surface area contributed by atoms with Crippen molar-refractivity contribution in [2.45, 2.75) is 6.54 Å². The van der Waals surface area contributed by atoms with E-state index in [1.54, 1.807) is 41.9 Å². The molecule has 23 heavy (non-hydrogen) atoms. The van der Waals surface area contributed by atoms with Crippen molar-refractivity contribution in [3.05, 3.63) is 57.4 Å². The largest absolute Gasteiger partial charge is 0.497 e. The number of thiophene rings is 2. The van der Waals surface area contributed by atoms with Gasteiger partial charge in [0.05, 0.1) is 13.7 Å². The molecule has 2 N–H and O–H groups in total. The minimum atomic E-state index is -0.222. The van der Waals surface area contributed by atoms with E-state index in [1.165, 1.54) is 11.1 Å². The lowest BCUT2D eigenvalue weighted by atomic mass is 10.2. The highest BCUT2D eigenvalue weighted by atomic mass is 32.1. The van der Waals surface area contributed by atoms with Gasteiger partial charge in [0.15, 0.2) is 0 Å². The zero-order valence-electron chi connectivity index (χ0n) is 12.5. The highest BCUT2D eigenvalue weighted by Gasteiger charge is 2.05. The number of carbonyl (C=O) groups is 1. The average molecular weight is 344 g/mol. The van der Waals surface area contributed by atoms with Crippen molar-refractivity contribution in [1.29, 1.82) is 0 Å². The van der Waals surface area contributed by atoms with E-state index in [2.05, 4.69) is 38.9 Å². The van der Waals surface area contributed by atoms with Gasteiger partial charge < -0.3 is 15.4 Å². The molecule has 0 radical (unpaired) electrons. The number of benzene rings is 1. The zero-order valence-corrected chi connectivity index (χ0v) is 14.2. The van der Waals surface area contributed by atoms with Crippen molar-refractivity contribution in [2.24, 2.45) is 0 Å². The van der Waals surface area contributed by atoms with Crippen LogP contribution in [0.25, 0.3) is 11.1 Å². The molecule has 0 spiro atoms. The molecule has 2 aromatic heterocycles. The van der Waals surface area contributed by atoms with Gasteiger partial charge in [-0.15, -0.1) is 11.3 Å². The molecule has 0 bridgehead atoms. The summed E-state index contributed by atoms with van der Waals surface area (Å²) in [4.78, 5) is 13.0. The van der Waals surface area contributed by atoms with Crippen molar-refractivity contribution >= 4 is 34.4 Å². The second-order valence-corrected chi connectivity index (χ2v) is 6.63. The molecule has 0 saturated carbocycles. The summed E-state index contributed by atoms with van der Waals surface area (Å²) in [5.74, 6) is 0.760. The van der Waals surface area contributed by atoms with E-state index >= 15 is 0 Å². The summed E-state index contributed by atoms with van der Waals surface area (Å²) in [6, 6.07) is 11.2. The van der Waals surface area contributed by atoms with Crippen LogP contribution in [0.2, 0.25) is 0 Å². The third-order valence-corrected chi connectivity index (χ3v) is 4.90. The molecule has 3 rings (SSSR count). The van der Waals surface area contributed by atoms with Gasteiger partial charge >= 0.3 is 6.03 Å². The average Bonchev–Trinajstić information content (AvgIpc) is 3.25. The van der Waals surface area contributed by atoms with Crippen LogP contribution in [0.5, 0.6) is 5.75 Å². The monoisotopic (exact) mass is 344 g/mol. The van der Waals surface area contributed by atoms with Crippen molar-refractivity contribution in [1.82, 2.24) is 5.32 Å². The molecule has 6 heteroatoms. The van der Waals surface area contributed by atoms with Gasteiger partial charge in [0.25, 0.3) is 0 Å². The van der Waals surface area contributed by atoms with E-state index in [0.29, 0.717) is 6.54 Å². The molecule has 3 aromatic rings. The third kappa shape index (κ3) is 4.12. The van der Waals surface area contributed by atoms with Gasteiger partial charge in [-0.25, -0.2) is 4.79 Å². The number of urea groups is 1. The van der Waals surface area contributed by atoms with Crippen LogP contribution in [0, 0.1) is 0 Å². The minimum Gasteiger partial charge on any atom is -0.497 e. The molecule has 0 atom stereocenters. The number of ether oxygens (including phenoxy) is 1. The molecule has 2 heterocycles. The fourth-order valence-corrected chi connectivity index (χ4v) is 3.57. The predicted octanol–water partition coefficient (Wildman–Crippen LogP) is 4.81. The van der Waals surface area contributed by atoms with Crippen LogP contribution in [-0.2, 0) is 6.54 Å². The number of nitrogens with one attached hydrogen (secondary N) is 2. The summed E-state index contributed by atoms with van der Waals surface area (Å²) in [5, 5.41) is 12.0. The molecule has 118 valence electrons. The first-order valence-electron chi connectivity index (χ1n) is 7.03. The van der Waals surface area contributed by atoms with E-state index < -0.39 is 0 Å². The second-order valence-electron chi connectivity index (χ2n) is 4.85. The van der Waals surface area contributed by atoms with E-state index in [1.807, 2.05) is 12.1 Å². The van der Waals surface area contributed by atoms with E-state index in [-0.39, 0.29) is 6.03 Å². The van der Waals surface area contributed by atoms with E-state index in [4.69, 9.17) is 4.74 Å². The Kier molecular flexibility index (Phi) is 4.95. The lowest BCUT2D eigenvalue weighted by Gasteiger charge is -2.07. The molecular weight excluding hydrogens is 328 g/mol. The summed E-state index contributed by atoms with van der Waals surface area (Å²) in [6.45, 7) is 0.511. The van der Waals surface area contributed by atoms with Gasteiger partial charge in [-0.2, -0.15) is 11.3 Å². The number of rotatable bonds is 5. The predicted molar refractivity (Wildman–Crippen MR) is 96.5 cm³/mol. The molecule has 0 fully saturated rings. The molecule has 0 aliphatic carbocycles. The summed E-state index contributed by atoms with van der Waals surface area (Å²) in [5.41, 5.74) is 3.15. The Bertz CT molecular complexity index is 764. The molecule has 2 amide bonds. The van der Waals surface area contributed by atoms with Gasteiger partial charge in [-0.1, -0.05) is 0 Å². The Morgan fingerprint density at radius 1 is 1.13 bits per heavy atom. The topological polar surface area (TPSA) is 50.4 Å². The summed E-state index contributed by atoms with van der Waals surface area (Å²) in [6.07, 6.45) is 0. The molecule has 4 nitrogen and oxygen atoms in total. The van der Waals surface area contributed by atoms with Gasteiger partial charge in [-0.05, 0) is 63.7 Å². The first-order valence-corrected chi connectivity index (χ1v) is 8.86. The van der Waals surface area contributed by atoms with Crippen molar-refractivity contribution < 1.29 is 9.53 Å². The Balaban J connectivity index is 1.52. The van der Waals surface area contributed by atoms with Crippen LogP contribution in [0.4, 0.5) is 10.5 Å². The number of methoxy groups -OCH3 is 1. The fraction of sp³-hybridized carbons (Fsp3) is 0.118. The van der Waals surface area contributed by atoms with Crippen LogP contribution in [-0.4, -0.2) is 13.1 Å². The molecule has 0 aliphatic rings. The Morgan fingerprint density at radius 3 is 2.65 bits per heavy atom. The van der Waals surface area contributed by atoms with Crippen LogP contribution >= 0.6 is 22.7 Å². The van der Waals surface area contributed by atoms with Crippen molar-refractivity contribution in [3.8, 4) is 16.9 Å². The lowest BCUT2D eigenvalue weighted by Crippen LogP contribution is -2.27. The number of hydrogen-bond donors (Lipinski definition) is 2. The SMILES string of the molecule is COc1ccc(NC(=O)NCc2cc(-c3ccsc3)cs2)cc1. The normalized spacial score (nSPS) is 10.3. The van der Waals surface area contributed by atoms with Crippen molar-refractivity contribution in [3.63, 3.8) is 0 Å². The number of amides is 2. The van der Waals surface area contributed by atoms with Crippen LogP contribution in [0.15, 0.2) is 52.5 Å². The molecule has 0 aliphatic heterocycles. The molecule has 1 aromatic carbocycles. The summed E-state index contributed by atoms with van der Waals surface area (Å²) >= 11 is 3.33. The van der Waals surface area contributed by atoms with Gasteiger partial charge in [0.2, 0.25) is 0 Å². The van der Waals surface area contributed by atoms with Crippen LogP contribution in [0.1, 0.15) is 4.88 Å². The van der Waals surface area contributed by atoms with Gasteiger partial charge in [0.1, 0.15) is 5.75 Å². The lowest BCUT2D eigenvalue weighted by molar-refractivity contribution is 0.252. The quantitative estimate of drug-likeness (QED) is 0.698. The van der Waals surface area contributed by atoms with Crippen LogP contribution in [0.3, 0.4) is 0 Å². The number of carbonyl (C=O) groups excluding carboxylic acids is 1. The van der Waals surface area contributed by atoms with Crippen LogP contribution < -0.4 is 15.4 Å². The first kappa shape index (κ1) is 15.6. The maximum atomic E-state index is 11.9. The Labute approximate surface area is 142 Å². The van der Waals surface area contributed by atoms with Gasteiger partial charge in [0, 0.05) is 10.6 Å². The standard InChI is InChI=1S/C17H16N2O2S2/c1-21-15-4-2-14(3-5-15)19-17(20)18-9-16-8-13(11-23-16)12-6-7-22-10-12/h2-8,10-11H,9H2,1H3,(H2,18,19,20). The maximum Gasteiger partial charge on any atom is 0.319 e. The summed E-state index contributed by atoms with van der Waals surface area (Å²) < 4.78 is 5.09. The van der Waals surface area contributed by atoms with E-state index in [0.717, 1.165) is 16.3 Å². The number of anilines is 1. The maximum absolute atomic E-state index is 11.9. The third-order valence-electron chi connectivity index (χ3n) is 3.28. The highest BCUT2D eigenvalue weighted by molar-refractivity contribution is 7.10. The zero-order chi connectivity index (χ0) is 16.1. The summed E-state index contributed by atoms with van der Waals surface area (Å²) in [7, 11) is 1.61. The smallest absolute Gasteiger partial charge is 0.319 e. The fourth-order valence-electron chi connectivity index (χ4n) is 2.07. The molecule has 0 saturated heterocycles. The minimum absolute atomic E-state index is 0.222. The highest BCUT2D eigenvalue weighted by Crippen LogP contribution is 2.27. The second kappa shape index (κ2) is 7.30.